The van der Waals surface area contributed by atoms with E-state index < -0.39 is 71.5 Å². The third kappa shape index (κ3) is 8.16. The molecule has 2 saturated heterocycles. The first kappa shape index (κ1) is 35.3. The van der Waals surface area contributed by atoms with Gasteiger partial charge in [-0.2, -0.15) is 0 Å². The lowest BCUT2D eigenvalue weighted by Gasteiger charge is -2.46. The van der Waals surface area contributed by atoms with Gasteiger partial charge in [-0.3, -0.25) is 4.79 Å². The summed E-state index contributed by atoms with van der Waals surface area (Å²) in [6.45, 7) is 16.8. The van der Waals surface area contributed by atoms with E-state index in [1.165, 1.54) is 14.0 Å². The standard InChI is InChI=1S/C30H57NO9/c1-12-22-30(9,36)25(32)20(5)31(10)16-17(2)13-28(7,35)14-18(3)24(19(4)27(34)39-22)40-23-15-29(8,37-11)26(33)21(6)38-23/h17-26,32-33,35-36H,12-16H2,1-11H3/t17-,18-,19-,20-,21+,22-,23-,24+,25-,26-,28-,29+,30+/m1/s1. The number of hydrogen-bond acceptors (Lipinski definition) is 10. The molecule has 236 valence electrons. The van der Waals surface area contributed by atoms with Gasteiger partial charge in [-0.15, -0.1) is 0 Å². The molecule has 2 fully saturated rings. The zero-order valence-corrected chi connectivity index (χ0v) is 26.6. The van der Waals surface area contributed by atoms with E-state index in [1.807, 2.05) is 25.8 Å². The smallest absolute Gasteiger partial charge is 0.311 e. The van der Waals surface area contributed by atoms with Crippen LogP contribution in [0.2, 0.25) is 0 Å². The van der Waals surface area contributed by atoms with E-state index in [-0.39, 0.29) is 18.3 Å². The van der Waals surface area contributed by atoms with E-state index >= 15 is 0 Å². The molecule has 2 heterocycles. The predicted molar refractivity (Wildman–Crippen MR) is 151 cm³/mol. The van der Waals surface area contributed by atoms with E-state index in [0.717, 1.165) is 0 Å². The Labute approximate surface area is 241 Å². The fourth-order valence-corrected chi connectivity index (χ4v) is 6.80. The summed E-state index contributed by atoms with van der Waals surface area (Å²) in [6.07, 6.45) is -3.62. The minimum Gasteiger partial charge on any atom is -0.459 e. The summed E-state index contributed by atoms with van der Waals surface area (Å²) >= 11 is 0. The average molecular weight is 576 g/mol. The predicted octanol–water partition coefficient (Wildman–Crippen LogP) is 2.48. The summed E-state index contributed by atoms with van der Waals surface area (Å²) in [5.41, 5.74) is -3.66. The van der Waals surface area contributed by atoms with Crippen molar-refractivity contribution >= 4 is 5.97 Å². The average Bonchev–Trinajstić information content (AvgIpc) is 2.85. The van der Waals surface area contributed by atoms with Gasteiger partial charge in [-0.1, -0.05) is 20.8 Å². The number of likely N-dealkylation sites (N-methyl/N-ethyl adjacent to an activating group) is 1. The number of hydrogen-bond donors (Lipinski definition) is 4. The molecule has 2 aliphatic heterocycles. The van der Waals surface area contributed by atoms with Gasteiger partial charge in [0, 0.05) is 26.1 Å². The quantitative estimate of drug-likeness (QED) is 0.370. The van der Waals surface area contributed by atoms with Crippen LogP contribution in [-0.2, 0) is 23.7 Å². The summed E-state index contributed by atoms with van der Waals surface area (Å²) in [4.78, 5) is 15.6. The molecule has 2 rings (SSSR count). The van der Waals surface area contributed by atoms with Crippen molar-refractivity contribution < 1.29 is 44.2 Å². The second kappa shape index (κ2) is 13.6. The van der Waals surface area contributed by atoms with Crippen LogP contribution in [-0.4, -0.2) is 112 Å². The molecule has 40 heavy (non-hydrogen) atoms. The fraction of sp³-hybridized carbons (Fsp3) is 0.967. The zero-order valence-electron chi connectivity index (χ0n) is 26.6. The van der Waals surface area contributed by atoms with E-state index in [2.05, 4.69) is 6.92 Å². The summed E-state index contributed by atoms with van der Waals surface area (Å²) < 4.78 is 24.0. The van der Waals surface area contributed by atoms with E-state index in [1.54, 1.807) is 34.6 Å². The van der Waals surface area contributed by atoms with Gasteiger partial charge in [-0.25, -0.2) is 0 Å². The van der Waals surface area contributed by atoms with Gasteiger partial charge in [-0.05, 0) is 79.7 Å². The SMILES string of the molecule is CC[C@H]1OC(=O)[C@H](C)[C@@H](O[C@@H]2C[C@](C)(OC)[C@H](O)[C@H](C)O2)[C@H](C)C[C@](C)(O)C[C@@H](C)CN(C)[C@H](C)[C@@H](O)[C@@]1(C)O. The number of cyclic esters (lactones) is 1. The summed E-state index contributed by atoms with van der Waals surface area (Å²) in [5, 5.41) is 44.8. The lowest BCUT2D eigenvalue weighted by molar-refractivity contribution is -0.296. The van der Waals surface area contributed by atoms with Crippen LogP contribution in [0.25, 0.3) is 0 Å². The molecule has 13 atom stereocenters. The van der Waals surface area contributed by atoms with Crippen molar-refractivity contribution in [2.75, 3.05) is 20.7 Å². The Hall–Kier alpha value is -0.850. The Balaban J connectivity index is 2.47. The maximum absolute atomic E-state index is 13.6. The second-order valence-electron chi connectivity index (χ2n) is 13.5. The van der Waals surface area contributed by atoms with Crippen molar-refractivity contribution in [3.05, 3.63) is 0 Å². The Morgan fingerprint density at radius 2 is 1.60 bits per heavy atom. The second-order valence-corrected chi connectivity index (χ2v) is 13.5. The number of rotatable bonds is 4. The van der Waals surface area contributed by atoms with Crippen LogP contribution in [0.4, 0.5) is 0 Å². The summed E-state index contributed by atoms with van der Waals surface area (Å²) in [7, 11) is 3.41. The number of esters is 1. The highest BCUT2D eigenvalue weighted by Crippen LogP contribution is 2.37. The highest BCUT2D eigenvalue weighted by Gasteiger charge is 2.49. The lowest BCUT2D eigenvalue weighted by atomic mass is 9.80. The van der Waals surface area contributed by atoms with E-state index in [9.17, 15) is 25.2 Å². The van der Waals surface area contributed by atoms with Crippen molar-refractivity contribution in [2.24, 2.45) is 17.8 Å². The zero-order chi connectivity index (χ0) is 30.8. The number of aliphatic hydroxyl groups excluding tert-OH is 2. The molecule has 10 heteroatoms. The van der Waals surface area contributed by atoms with Gasteiger partial charge in [0.2, 0.25) is 0 Å². The molecule has 4 N–H and O–H groups in total. The Morgan fingerprint density at radius 1 is 1.00 bits per heavy atom. The summed E-state index contributed by atoms with van der Waals surface area (Å²) in [6, 6.07) is -0.427. The van der Waals surface area contributed by atoms with Crippen molar-refractivity contribution in [1.82, 2.24) is 4.90 Å². The van der Waals surface area contributed by atoms with Gasteiger partial charge in [0.15, 0.2) is 6.29 Å². The van der Waals surface area contributed by atoms with Crippen LogP contribution in [0.15, 0.2) is 0 Å². The van der Waals surface area contributed by atoms with Crippen LogP contribution in [0.1, 0.15) is 88.0 Å². The first-order valence-electron chi connectivity index (χ1n) is 14.9. The summed E-state index contributed by atoms with van der Waals surface area (Å²) in [5.74, 6) is -1.55. The van der Waals surface area contributed by atoms with Gasteiger partial charge < -0.3 is 44.3 Å². The van der Waals surface area contributed by atoms with Gasteiger partial charge in [0.1, 0.15) is 23.9 Å². The highest BCUT2D eigenvalue weighted by molar-refractivity contribution is 5.73. The first-order valence-corrected chi connectivity index (χ1v) is 14.9. The molecule has 0 aromatic carbocycles. The third-order valence-electron chi connectivity index (χ3n) is 9.39. The number of methoxy groups -OCH3 is 1. The Kier molecular flexibility index (Phi) is 12.0. The topological polar surface area (TPSA) is 138 Å². The Bertz CT molecular complexity index is 823. The van der Waals surface area contributed by atoms with Crippen LogP contribution in [0.3, 0.4) is 0 Å². The Morgan fingerprint density at radius 3 is 2.15 bits per heavy atom. The van der Waals surface area contributed by atoms with Gasteiger partial charge in [0.05, 0.1) is 29.3 Å². The largest absolute Gasteiger partial charge is 0.459 e. The molecule has 0 spiro atoms. The molecule has 0 bridgehead atoms. The number of carbonyl (C=O) groups excluding carboxylic acids is 1. The maximum Gasteiger partial charge on any atom is 0.311 e. The van der Waals surface area contributed by atoms with Gasteiger partial charge in [0.25, 0.3) is 0 Å². The minimum atomic E-state index is -1.70. The highest BCUT2D eigenvalue weighted by atomic mass is 16.7. The molecule has 0 aliphatic carbocycles. The minimum absolute atomic E-state index is 0.0833. The van der Waals surface area contributed by atoms with E-state index in [0.29, 0.717) is 25.8 Å². The van der Waals surface area contributed by atoms with Crippen LogP contribution >= 0.6 is 0 Å². The normalized spacial score (nSPS) is 49.1. The maximum atomic E-state index is 13.6. The van der Waals surface area contributed by atoms with Crippen LogP contribution < -0.4 is 0 Å². The van der Waals surface area contributed by atoms with Crippen molar-refractivity contribution in [1.29, 1.82) is 0 Å². The molecule has 0 radical (unpaired) electrons. The molecular weight excluding hydrogens is 518 g/mol. The van der Waals surface area contributed by atoms with Crippen molar-refractivity contribution in [3.8, 4) is 0 Å². The molecule has 0 amide bonds. The molecule has 0 aromatic heterocycles. The molecule has 0 unspecified atom stereocenters. The third-order valence-corrected chi connectivity index (χ3v) is 9.39. The van der Waals surface area contributed by atoms with E-state index in [4.69, 9.17) is 18.9 Å². The van der Waals surface area contributed by atoms with Crippen LogP contribution in [0, 0.1) is 17.8 Å². The monoisotopic (exact) mass is 575 g/mol. The first-order chi connectivity index (χ1) is 18.3. The number of ether oxygens (including phenoxy) is 4. The number of carbonyl (C=O) groups is 1. The van der Waals surface area contributed by atoms with Crippen molar-refractivity contribution in [2.45, 2.75) is 148 Å². The lowest BCUT2D eigenvalue weighted by Crippen LogP contribution is -2.59. The van der Waals surface area contributed by atoms with Crippen molar-refractivity contribution in [3.63, 3.8) is 0 Å². The van der Waals surface area contributed by atoms with Crippen LogP contribution in [0.5, 0.6) is 0 Å². The fourth-order valence-electron chi connectivity index (χ4n) is 6.80. The van der Waals surface area contributed by atoms with Gasteiger partial charge >= 0.3 is 5.97 Å². The number of nitrogens with zero attached hydrogens (tertiary/aromatic N) is 1. The molecular formula is C30H57NO9. The number of aliphatic hydroxyl groups is 4. The molecule has 0 saturated carbocycles. The molecule has 10 nitrogen and oxygen atoms in total. The molecule has 2 aliphatic rings. The molecule has 0 aromatic rings.